The molecule has 34 heavy (non-hydrogen) atoms. The number of aromatic hydroxyl groups is 1. The van der Waals surface area contributed by atoms with Crippen molar-refractivity contribution >= 4 is 38.4 Å². The van der Waals surface area contributed by atoms with Gasteiger partial charge in [-0.1, -0.05) is 78.9 Å². The molecular weight excluding hydrogens is 422 g/mol. The van der Waals surface area contributed by atoms with Gasteiger partial charge in [0, 0.05) is 16.9 Å². The highest BCUT2D eigenvalue weighted by Gasteiger charge is 2.33. The highest BCUT2D eigenvalue weighted by atomic mass is 16.6. The van der Waals surface area contributed by atoms with Crippen molar-refractivity contribution in [2.45, 2.75) is 31.3 Å². The smallest absolute Gasteiger partial charge is 0.405 e. The Bertz CT molecular complexity index is 1570. The summed E-state index contributed by atoms with van der Waals surface area (Å²) in [6.07, 6.45) is 1.54. The van der Waals surface area contributed by atoms with Crippen molar-refractivity contribution in [2.75, 3.05) is 0 Å². The van der Waals surface area contributed by atoms with Crippen molar-refractivity contribution in [1.29, 1.82) is 0 Å². The Hall–Kier alpha value is -4.05. The number of hydrogen-bond acceptors (Lipinski definition) is 3. The second-order valence-electron chi connectivity index (χ2n) is 9.09. The molecule has 4 heteroatoms. The normalized spacial score (nSPS) is 16.4. The summed E-state index contributed by atoms with van der Waals surface area (Å²) >= 11 is 0. The summed E-state index contributed by atoms with van der Waals surface area (Å²) in [6.45, 7) is 0. The number of primary amides is 1. The van der Waals surface area contributed by atoms with Gasteiger partial charge in [0.1, 0.15) is 11.9 Å². The summed E-state index contributed by atoms with van der Waals surface area (Å²) in [4.78, 5) is 12.1. The fourth-order valence-corrected chi connectivity index (χ4v) is 5.80. The molecule has 6 rings (SSSR count). The number of amides is 1. The lowest BCUT2D eigenvalue weighted by Gasteiger charge is -2.33. The van der Waals surface area contributed by atoms with E-state index in [1.165, 1.54) is 32.7 Å². The fourth-order valence-electron chi connectivity index (χ4n) is 5.80. The summed E-state index contributed by atoms with van der Waals surface area (Å²) in [5, 5.41) is 17.0. The molecule has 0 spiro atoms. The van der Waals surface area contributed by atoms with Gasteiger partial charge in [0.05, 0.1) is 0 Å². The van der Waals surface area contributed by atoms with Crippen molar-refractivity contribution in [3.63, 3.8) is 0 Å². The van der Waals surface area contributed by atoms with Crippen molar-refractivity contribution < 1.29 is 14.6 Å². The Labute approximate surface area is 197 Å². The van der Waals surface area contributed by atoms with Crippen LogP contribution in [-0.4, -0.2) is 11.2 Å². The molecule has 1 amide bonds. The topological polar surface area (TPSA) is 72.6 Å². The molecule has 0 fully saturated rings. The Kier molecular flexibility index (Phi) is 4.88. The summed E-state index contributed by atoms with van der Waals surface area (Å²) in [6, 6.07) is 28.5. The van der Waals surface area contributed by atoms with Crippen molar-refractivity contribution in [3.8, 4) is 5.75 Å². The maximum Gasteiger partial charge on any atom is 0.405 e. The van der Waals surface area contributed by atoms with Gasteiger partial charge in [-0.05, 0) is 63.4 Å². The van der Waals surface area contributed by atoms with E-state index in [1.807, 2.05) is 30.3 Å². The van der Waals surface area contributed by atoms with Crippen LogP contribution in [0.1, 0.15) is 41.6 Å². The molecule has 0 heterocycles. The summed E-state index contributed by atoms with van der Waals surface area (Å²) in [7, 11) is 0. The predicted octanol–water partition coefficient (Wildman–Crippen LogP) is 7.11. The molecule has 2 atom stereocenters. The van der Waals surface area contributed by atoms with Gasteiger partial charge >= 0.3 is 6.09 Å². The number of carbonyl (C=O) groups excluding carboxylic acids is 1. The molecule has 4 nitrogen and oxygen atoms in total. The molecule has 2 unspecified atom stereocenters. The fraction of sp³-hybridized carbons (Fsp3) is 0.167. The highest BCUT2D eigenvalue weighted by molar-refractivity contribution is 6.08. The molecular formula is C30H25NO3. The van der Waals surface area contributed by atoms with E-state index in [2.05, 4.69) is 48.5 Å². The monoisotopic (exact) mass is 447 g/mol. The minimum absolute atomic E-state index is 0.0277. The molecule has 0 aromatic heterocycles. The van der Waals surface area contributed by atoms with Gasteiger partial charge in [-0.15, -0.1) is 0 Å². The van der Waals surface area contributed by atoms with E-state index in [0.717, 1.165) is 35.6 Å². The van der Waals surface area contributed by atoms with Crippen LogP contribution in [0, 0.1) is 0 Å². The second kappa shape index (κ2) is 8.07. The number of carbonyl (C=O) groups is 1. The Morgan fingerprint density at radius 2 is 1.56 bits per heavy atom. The average molecular weight is 448 g/mol. The van der Waals surface area contributed by atoms with Crippen molar-refractivity contribution in [1.82, 2.24) is 0 Å². The number of fused-ring (bicyclic) bond motifs is 6. The van der Waals surface area contributed by atoms with Crippen molar-refractivity contribution in [2.24, 2.45) is 5.73 Å². The number of rotatable bonds is 3. The summed E-state index contributed by atoms with van der Waals surface area (Å²) in [5.41, 5.74) is 8.96. The maximum absolute atomic E-state index is 12.1. The van der Waals surface area contributed by atoms with Gasteiger partial charge in [-0.25, -0.2) is 4.79 Å². The lowest BCUT2D eigenvalue weighted by molar-refractivity contribution is 0.0856. The van der Waals surface area contributed by atoms with Gasteiger partial charge in [0.2, 0.25) is 0 Å². The lowest BCUT2D eigenvalue weighted by Crippen LogP contribution is -2.25. The van der Waals surface area contributed by atoms with Gasteiger partial charge < -0.3 is 15.6 Å². The first-order valence-electron chi connectivity index (χ1n) is 11.7. The van der Waals surface area contributed by atoms with Gasteiger partial charge in [0.25, 0.3) is 0 Å². The molecule has 5 aromatic carbocycles. The molecule has 168 valence electrons. The zero-order valence-corrected chi connectivity index (χ0v) is 18.7. The second-order valence-corrected chi connectivity index (χ2v) is 9.09. The molecule has 0 aliphatic heterocycles. The van der Waals surface area contributed by atoms with E-state index in [-0.39, 0.29) is 11.7 Å². The molecule has 5 aromatic rings. The van der Waals surface area contributed by atoms with Crippen LogP contribution < -0.4 is 5.73 Å². The molecule has 1 aliphatic carbocycles. The average Bonchev–Trinajstić information content (AvgIpc) is 2.87. The third-order valence-electron chi connectivity index (χ3n) is 7.27. The summed E-state index contributed by atoms with van der Waals surface area (Å²) < 4.78 is 5.82. The van der Waals surface area contributed by atoms with E-state index in [1.54, 1.807) is 6.07 Å². The van der Waals surface area contributed by atoms with Gasteiger partial charge in [-0.3, -0.25) is 0 Å². The zero-order chi connectivity index (χ0) is 23.2. The molecule has 0 bridgehead atoms. The Morgan fingerprint density at radius 3 is 2.38 bits per heavy atom. The SMILES string of the molecule is NC(=O)OC(c1ccc(O)c2ccccc12)C1CCCc2c1ccc1c2ccc2ccccc21. The number of hydrogen-bond donors (Lipinski definition) is 2. The minimum atomic E-state index is -0.791. The third kappa shape index (κ3) is 3.26. The van der Waals surface area contributed by atoms with E-state index in [0.29, 0.717) is 0 Å². The van der Waals surface area contributed by atoms with E-state index in [9.17, 15) is 9.90 Å². The first-order valence-corrected chi connectivity index (χ1v) is 11.7. The van der Waals surface area contributed by atoms with Crippen LogP contribution in [0.5, 0.6) is 5.75 Å². The third-order valence-corrected chi connectivity index (χ3v) is 7.27. The number of aryl methyl sites for hydroxylation is 1. The van der Waals surface area contributed by atoms with Crippen LogP contribution in [0.15, 0.2) is 84.9 Å². The number of phenols is 1. The van der Waals surface area contributed by atoms with Crippen LogP contribution in [-0.2, 0) is 11.2 Å². The molecule has 0 saturated carbocycles. The number of benzene rings is 5. The predicted molar refractivity (Wildman–Crippen MR) is 136 cm³/mol. The van der Waals surface area contributed by atoms with Crippen LogP contribution in [0.2, 0.25) is 0 Å². The number of phenolic OH excluding ortho intramolecular Hbond substituents is 1. The largest absolute Gasteiger partial charge is 0.507 e. The van der Waals surface area contributed by atoms with E-state index in [4.69, 9.17) is 10.5 Å². The lowest BCUT2D eigenvalue weighted by atomic mass is 9.75. The Morgan fingerprint density at radius 1 is 0.824 bits per heavy atom. The number of ether oxygens (including phenoxy) is 1. The van der Waals surface area contributed by atoms with Gasteiger partial charge in [-0.2, -0.15) is 0 Å². The van der Waals surface area contributed by atoms with Crippen molar-refractivity contribution in [3.05, 3.63) is 102 Å². The Balaban J connectivity index is 1.55. The first-order chi connectivity index (χ1) is 16.6. The first kappa shape index (κ1) is 20.5. The van der Waals surface area contributed by atoms with Crippen LogP contribution in [0.4, 0.5) is 4.79 Å². The van der Waals surface area contributed by atoms with Gasteiger partial charge in [0.15, 0.2) is 0 Å². The van der Waals surface area contributed by atoms with E-state index < -0.39 is 12.2 Å². The zero-order valence-electron chi connectivity index (χ0n) is 18.7. The quantitative estimate of drug-likeness (QED) is 0.290. The molecule has 0 radical (unpaired) electrons. The van der Waals surface area contributed by atoms with E-state index >= 15 is 0 Å². The highest BCUT2D eigenvalue weighted by Crippen LogP contribution is 2.47. The summed E-state index contributed by atoms with van der Waals surface area (Å²) in [5.74, 6) is 0.180. The standard InChI is InChI=1S/C30H25NO3/c31-30(33)34-29(27-16-17-28(32)25-9-4-3-8-21(25)27)26-11-5-10-20-23-13-12-18-6-1-2-7-19(18)22(23)14-15-24(20)26/h1-4,6-9,12-17,26,29,32H,5,10-11H2,(H2,31,33). The van der Waals surface area contributed by atoms with Crippen LogP contribution in [0.3, 0.4) is 0 Å². The maximum atomic E-state index is 12.1. The molecule has 0 saturated heterocycles. The van der Waals surface area contributed by atoms with Crippen LogP contribution >= 0.6 is 0 Å². The number of nitrogens with two attached hydrogens (primary N) is 1. The molecule has 1 aliphatic rings. The van der Waals surface area contributed by atoms with Crippen LogP contribution in [0.25, 0.3) is 32.3 Å². The molecule has 3 N–H and O–H groups in total. The minimum Gasteiger partial charge on any atom is -0.507 e.